The Hall–Kier alpha value is -5.12. The summed E-state index contributed by atoms with van der Waals surface area (Å²) in [6, 6.07) is 34.2. The van der Waals surface area contributed by atoms with Crippen LogP contribution in [0.1, 0.15) is 29.1 Å². The van der Waals surface area contributed by atoms with Gasteiger partial charge in [0, 0.05) is 55.1 Å². The molecule has 0 radical (unpaired) electrons. The first-order chi connectivity index (χ1) is 22.4. The van der Waals surface area contributed by atoms with Gasteiger partial charge in [-0.3, -0.25) is 14.4 Å². The summed E-state index contributed by atoms with van der Waals surface area (Å²) in [5.74, 6) is -0.953. The molecule has 0 aliphatic rings. The van der Waals surface area contributed by atoms with Gasteiger partial charge in [-0.2, -0.15) is 0 Å². The van der Waals surface area contributed by atoms with E-state index in [4.69, 9.17) is 0 Å². The van der Waals surface area contributed by atoms with Gasteiger partial charge in [-0.25, -0.2) is 0 Å². The summed E-state index contributed by atoms with van der Waals surface area (Å²) in [6.07, 6.45) is 1.66. The number of benzene rings is 4. The number of anilines is 2. The van der Waals surface area contributed by atoms with E-state index in [1.807, 2.05) is 73.0 Å². The monoisotopic (exact) mass is 644 g/mol. The zero-order chi connectivity index (χ0) is 32.0. The lowest BCUT2D eigenvalue weighted by Crippen LogP contribution is -2.30. The molecule has 1 atom stereocenters. The maximum atomic E-state index is 13.4. The van der Waals surface area contributed by atoms with Gasteiger partial charge in [0.15, 0.2) is 0 Å². The maximum Gasteiger partial charge on any atom is 0.272 e. The van der Waals surface area contributed by atoms with Crippen LogP contribution in [-0.4, -0.2) is 27.5 Å². The van der Waals surface area contributed by atoms with Crippen LogP contribution in [-0.2, 0) is 16.1 Å². The van der Waals surface area contributed by atoms with Gasteiger partial charge in [-0.15, -0.1) is 23.1 Å². The topological polar surface area (TPSA) is 92.2 Å². The highest BCUT2D eigenvalue weighted by molar-refractivity contribution is 8.00. The summed E-state index contributed by atoms with van der Waals surface area (Å²) in [5, 5.41) is 12.5. The largest absolute Gasteiger partial charge is 0.341 e. The van der Waals surface area contributed by atoms with Crippen molar-refractivity contribution in [3.8, 4) is 0 Å². The lowest BCUT2D eigenvalue weighted by atomic mass is 10.1. The molecule has 0 saturated heterocycles. The van der Waals surface area contributed by atoms with Crippen LogP contribution in [0.15, 0.2) is 125 Å². The number of rotatable bonds is 10. The first-order valence-corrected chi connectivity index (χ1v) is 16.7. The predicted molar refractivity (Wildman–Crippen MR) is 190 cm³/mol. The summed E-state index contributed by atoms with van der Waals surface area (Å²) in [4.78, 5) is 41.2. The van der Waals surface area contributed by atoms with E-state index < -0.39 is 11.2 Å². The van der Waals surface area contributed by atoms with Crippen LogP contribution in [0.4, 0.5) is 11.4 Å². The smallest absolute Gasteiger partial charge is 0.272 e. The number of para-hydroxylation sites is 1. The quantitative estimate of drug-likeness (QED) is 0.103. The normalized spacial score (nSPS) is 12.2. The molecule has 2 heterocycles. The molecule has 46 heavy (non-hydrogen) atoms. The fraction of sp³-hybridized carbons (Fsp3) is 0.108. The second-order valence-electron chi connectivity index (χ2n) is 10.6. The van der Waals surface area contributed by atoms with Crippen molar-refractivity contribution in [2.45, 2.75) is 30.5 Å². The number of carbonyl (C=O) groups is 3. The minimum absolute atomic E-state index is 0.122. The molecular formula is C37H32N4O3S2. The zero-order valence-corrected chi connectivity index (χ0v) is 27.0. The van der Waals surface area contributed by atoms with Gasteiger partial charge in [-0.1, -0.05) is 48.5 Å². The molecule has 6 aromatic rings. The zero-order valence-electron chi connectivity index (χ0n) is 25.3. The molecular weight excluding hydrogens is 613 g/mol. The summed E-state index contributed by atoms with van der Waals surface area (Å²) in [5.41, 5.74) is 4.17. The van der Waals surface area contributed by atoms with Crippen LogP contribution in [0.3, 0.4) is 0 Å². The Morgan fingerprint density at radius 1 is 0.804 bits per heavy atom. The molecule has 0 aliphatic carbocycles. The van der Waals surface area contributed by atoms with Gasteiger partial charge in [0.25, 0.3) is 11.8 Å². The van der Waals surface area contributed by atoms with Gasteiger partial charge < -0.3 is 20.5 Å². The fourth-order valence-corrected chi connectivity index (χ4v) is 6.86. The second kappa shape index (κ2) is 13.9. The number of amides is 3. The highest BCUT2D eigenvalue weighted by Gasteiger charge is 2.18. The molecule has 6 rings (SSSR count). The second-order valence-corrected chi connectivity index (χ2v) is 13.0. The van der Waals surface area contributed by atoms with Crippen LogP contribution in [0.25, 0.3) is 27.9 Å². The van der Waals surface area contributed by atoms with Crippen molar-refractivity contribution in [1.29, 1.82) is 0 Å². The summed E-state index contributed by atoms with van der Waals surface area (Å²) in [6.45, 7) is 4.84. The van der Waals surface area contributed by atoms with Gasteiger partial charge in [0.1, 0.15) is 5.70 Å². The summed E-state index contributed by atoms with van der Waals surface area (Å²) < 4.78 is 2.28. The number of fused-ring (bicyclic) bond motifs is 3. The Balaban J connectivity index is 1.14. The van der Waals surface area contributed by atoms with Crippen LogP contribution in [0, 0.1) is 0 Å². The first-order valence-electron chi connectivity index (χ1n) is 14.9. The lowest BCUT2D eigenvalue weighted by Gasteiger charge is -2.14. The maximum absolute atomic E-state index is 13.4. The Morgan fingerprint density at radius 2 is 1.57 bits per heavy atom. The number of aryl methyl sites for hydroxylation is 1. The number of hydrogen-bond donors (Lipinski definition) is 3. The lowest BCUT2D eigenvalue weighted by molar-refractivity contribution is -0.115. The predicted octanol–water partition coefficient (Wildman–Crippen LogP) is 8.40. The van der Waals surface area contributed by atoms with Crippen LogP contribution < -0.4 is 16.0 Å². The van der Waals surface area contributed by atoms with Crippen molar-refractivity contribution in [3.05, 3.63) is 131 Å². The minimum atomic E-state index is -0.453. The van der Waals surface area contributed by atoms with Gasteiger partial charge in [0.05, 0.1) is 5.25 Å². The van der Waals surface area contributed by atoms with E-state index in [9.17, 15) is 14.4 Å². The van der Waals surface area contributed by atoms with Crippen molar-refractivity contribution < 1.29 is 14.4 Å². The molecule has 3 amide bonds. The molecule has 230 valence electrons. The van der Waals surface area contributed by atoms with E-state index in [1.54, 1.807) is 36.4 Å². The van der Waals surface area contributed by atoms with Gasteiger partial charge in [-0.05, 0) is 86.0 Å². The number of carbonyl (C=O) groups excluding carboxylic acids is 3. The Morgan fingerprint density at radius 3 is 2.35 bits per heavy atom. The van der Waals surface area contributed by atoms with E-state index in [0.29, 0.717) is 11.3 Å². The van der Waals surface area contributed by atoms with E-state index in [0.717, 1.165) is 38.3 Å². The molecule has 4 aromatic carbocycles. The number of nitrogens with zero attached hydrogens (tertiary/aromatic N) is 1. The molecule has 1 unspecified atom stereocenters. The molecule has 9 heteroatoms. The summed E-state index contributed by atoms with van der Waals surface area (Å²) in [7, 11) is 0. The SMILES string of the molecule is CCn1c2ccccc2c2cc(NC(=O)C(C)Sc3cccc(NC(=O)/C(=C/c4cccs4)NC(=O)c4ccccc4)c3)ccc21. The fourth-order valence-electron chi connectivity index (χ4n) is 5.28. The highest BCUT2D eigenvalue weighted by atomic mass is 32.2. The first kappa shape index (κ1) is 30.9. The summed E-state index contributed by atoms with van der Waals surface area (Å²) >= 11 is 2.86. The number of hydrogen-bond acceptors (Lipinski definition) is 5. The van der Waals surface area contributed by atoms with Crippen molar-refractivity contribution >= 4 is 80.1 Å². The Bertz CT molecular complexity index is 2070. The third kappa shape index (κ3) is 6.91. The van der Waals surface area contributed by atoms with Gasteiger partial charge in [0.2, 0.25) is 5.91 Å². The molecule has 0 bridgehead atoms. The molecule has 0 aliphatic heterocycles. The molecule has 3 N–H and O–H groups in total. The van der Waals surface area contributed by atoms with E-state index in [2.05, 4.69) is 45.6 Å². The molecule has 7 nitrogen and oxygen atoms in total. The van der Waals surface area contributed by atoms with E-state index in [1.165, 1.54) is 28.6 Å². The average Bonchev–Trinajstić information content (AvgIpc) is 3.70. The van der Waals surface area contributed by atoms with Crippen molar-refractivity contribution in [2.24, 2.45) is 0 Å². The molecule has 0 fully saturated rings. The van der Waals surface area contributed by atoms with Crippen molar-refractivity contribution in [2.75, 3.05) is 10.6 Å². The number of nitrogens with one attached hydrogen (secondary N) is 3. The van der Waals surface area contributed by atoms with Crippen LogP contribution in [0.5, 0.6) is 0 Å². The third-order valence-electron chi connectivity index (χ3n) is 7.49. The number of thiophene rings is 1. The minimum Gasteiger partial charge on any atom is -0.341 e. The standard InChI is InChI=1S/C37H32N4O3S2/c1-3-41-33-17-8-7-16-30(33)31-22-27(18-19-34(31)41)38-35(42)24(2)46-29-14-9-13-26(21-29)39-37(44)32(23-28-15-10-20-45-28)40-36(43)25-11-5-4-6-12-25/h4-24H,3H2,1-2H3,(H,38,42)(H,39,44)(H,40,43)/b32-23-. The molecule has 2 aromatic heterocycles. The highest BCUT2D eigenvalue weighted by Crippen LogP contribution is 2.32. The Labute approximate surface area is 275 Å². The average molecular weight is 645 g/mol. The third-order valence-corrected chi connectivity index (χ3v) is 9.40. The van der Waals surface area contributed by atoms with Gasteiger partial charge >= 0.3 is 0 Å². The number of thioether (sulfide) groups is 1. The molecule has 0 spiro atoms. The van der Waals surface area contributed by atoms with E-state index >= 15 is 0 Å². The van der Waals surface area contributed by atoms with Crippen LogP contribution >= 0.6 is 23.1 Å². The van der Waals surface area contributed by atoms with E-state index in [-0.39, 0.29) is 17.5 Å². The molecule has 0 saturated carbocycles. The number of aromatic nitrogens is 1. The van der Waals surface area contributed by atoms with Crippen molar-refractivity contribution in [1.82, 2.24) is 9.88 Å². The Kier molecular flexibility index (Phi) is 9.33. The van der Waals surface area contributed by atoms with Crippen molar-refractivity contribution in [3.63, 3.8) is 0 Å². The van der Waals surface area contributed by atoms with Crippen LogP contribution in [0.2, 0.25) is 0 Å².